The van der Waals surface area contributed by atoms with Crippen LogP contribution >= 0.6 is 0 Å². The average Bonchev–Trinajstić information content (AvgIpc) is 2.82. The fourth-order valence-electron chi connectivity index (χ4n) is 2.22. The first-order valence-electron chi connectivity index (χ1n) is 6.22. The van der Waals surface area contributed by atoms with E-state index in [2.05, 4.69) is 20.6 Å². The van der Waals surface area contributed by atoms with Gasteiger partial charge in [0.15, 0.2) is 0 Å². The first-order valence-corrected chi connectivity index (χ1v) is 6.22. The molecule has 0 bridgehead atoms. The van der Waals surface area contributed by atoms with E-state index in [1.54, 1.807) is 0 Å². The van der Waals surface area contributed by atoms with Gasteiger partial charge in [-0.3, -0.25) is 10.1 Å². The van der Waals surface area contributed by atoms with E-state index < -0.39 is 4.92 Å². The topological polar surface area (TPSA) is 93.0 Å². The number of hydrogen-bond acceptors (Lipinski definition) is 6. The lowest BCUT2D eigenvalue weighted by Gasteiger charge is -2.13. The lowest BCUT2D eigenvalue weighted by atomic mass is 10.2. The van der Waals surface area contributed by atoms with Crippen LogP contribution in [0.4, 0.5) is 17.3 Å². The molecule has 1 saturated carbocycles. The highest BCUT2D eigenvalue weighted by molar-refractivity contribution is 5.69. The molecule has 0 radical (unpaired) electrons. The Hall–Kier alpha value is -1.92. The van der Waals surface area contributed by atoms with Crippen LogP contribution in [-0.4, -0.2) is 27.5 Å². The van der Waals surface area contributed by atoms with Gasteiger partial charge in [0.05, 0.1) is 4.92 Å². The molecule has 1 aromatic rings. The molecule has 7 nitrogen and oxygen atoms in total. The largest absolute Gasteiger partial charge is 0.364 e. The third-order valence-corrected chi connectivity index (χ3v) is 3.05. The summed E-state index contributed by atoms with van der Waals surface area (Å²) in [7, 11) is 0. The predicted octanol–water partition coefficient (Wildman–Crippen LogP) is 2.17. The van der Waals surface area contributed by atoms with E-state index in [1.165, 1.54) is 6.33 Å². The molecular weight excluding hydrogens is 234 g/mol. The fourth-order valence-corrected chi connectivity index (χ4v) is 2.22. The van der Waals surface area contributed by atoms with Crippen molar-refractivity contribution in [1.82, 2.24) is 9.97 Å². The molecule has 2 rings (SSSR count). The fraction of sp³-hybridized carbons (Fsp3) is 0.636. The maximum Gasteiger partial charge on any atom is 0.353 e. The van der Waals surface area contributed by atoms with Crippen LogP contribution in [0.1, 0.15) is 32.6 Å². The molecule has 0 aliphatic heterocycles. The third-order valence-electron chi connectivity index (χ3n) is 3.05. The minimum atomic E-state index is -0.435. The van der Waals surface area contributed by atoms with Gasteiger partial charge >= 0.3 is 5.69 Å². The second-order valence-corrected chi connectivity index (χ2v) is 4.33. The van der Waals surface area contributed by atoms with Crippen molar-refractivity contribution in [3.8, 4) is 0 Å². The number of hydrogen-bond donors (Lipinski definition) is 2. The maximum absolute atomic E-state index is 11.1. The smallest absolute Gasteiger partial charge is 0.353 e. The van der Waals surface area contributed by atoms with Gasteiger partial charge in [0, 0.05) is 12.6 Å². The molecule has 18 heavy (non-hydrogen) atoms. The summed E-state index contributed by atoms with van der Waals surface area (Å²) in [5.74, 6) is 0.593. The van der Waals surface area contributed by atoms with Crippen molar-refractivity contribution < 1.29 is 4.92 Å². The zero-order chi connectivity index (χ0) is 13.0. The molecule has 98 valence electrons. The van der Waals surface area contributed by atoms with Crippen LogP contribution in [0, 0.1) is 10.1 Å². The van der Waals surface area contributed by atoms with Gasteiger partial charge in [0.1, 0.15) is 6.33 Å². The van der Waals surface area contributed by atoms with Crippen molar-refractivity contribution in [3.05, 3.63) is 16.4 Å². The van der Waals surface area contributed by atoms with E-state index in [0.717, 1.165) is 25.7 Å². The molecular formula is C11H17N5O2. The molecule has 0 atom stereocenters. The Morgan fingerprint density at radius 2 is 2.06 bits per heavy atom. The molecule has 0 amide bonds. The molecule has 1 heterocycles. The molecule has 1 aliphatic carbocycles. The predicted molar refractivity (Wildman–Crippen MR) is 68.7 cm³/mol. The number of anilines is 2. The normalized spacial score (nSPS) is 15.6. The van der Waals surface area contributed by atoms with E-state index in [1.807, 2.05) is 6.92 Å². The summed E-state index contributed by atoms with van der Waals surface area (Å²) in [5.41, 5.74) is -0.0637. The highest BCUT2D eigenvalue weighted by Crippen LogP contribution is 2.31. The minimum Gasteiger partial charge on any atom is -0.364 e. The highest BCUT2D eigenvalue weighted by Gasteiger charge is 2.25. The van der Waals surface area contributed by atoms with Crippen LogP contribution in [0.25, 0.3) is 0 Å². The van der Waals surface area contributed by atoms with Gasteiger partial charge in [-0.25, -0.2) is 9.97 Å². The first kappa shape index (κ1) is 12.5. The van der Waals surface area contributed by atoms with Crippen molar-refractivity contribution in [2.45, 2.75) is 38.6 Å². The Kier molecular flexibility index (Phi) is 3.91. The molecule has 1 aliphatic rings. The van der Waals surface area contributed by atoms with Gasteiger partial charge in [-0.05, 0) is 19.8 Å². The second kappa shape index (κ2) is 5.61. The van der Waals surface area contributed by atoms with Crippen molar-refractivity contribution >= 4 is 17.3 Å². The molecule has 1 fully saturated rings. The zero-order valence-corrected chi connectivity index (χ0v) is 10.3. The maximum atomic E-state index is 11.1. The lowest BCUT2D eigenvalue weighted by molar-refractivity contribution is -0.383. The molecule has 0 spiro atoms. The van der Waals surface area contributed by atoms with Crippen LogP contribution in [0.5, 0.6) is 0 Å². The number of aromatic nitrogens is 2. The minimum absolute atomic E-state index is 0.0637. The van der Waals surface area contributed by atoms with Crippen molar-refractivity contribution in [2.24, 2.45) is 0 Å². The Labute approximate surface area is 105 Å². The van der Waals surface area contributed by atoms with E-state index in [-0.39, 0.29) is 17.5 Å². The van der Waals surface area contributed by atoms with Crippen LogP contribution in [0.15, 0.2) is 6.33 Å². The average molecular weight is 251 g/mol. The summed E-state index contributed by atoms with van der Waals surface area (Å²) in [6.45, 7) is 2.45. The van der Waals surface area contributed by atoms with Gasteiger partial charge in [0.2, 0.25) is 11.6 Å². The van der Waals surface area contributed by atoms with Gasteiger partial charge in [-0.15, -0.1) is 0 Å². The van der Waals surface area contributed by atoms with E-state index in [4.69, 9.17) is 0 Å². The number of nitro groups is 1. The molecule has 7 heteroatoms. The quantitative estimate of drug-likeness (QED) is 0.615. The van der Waals surface area contributed by atoms with Crippen LogP contribution in [-0.2, 0) is 0 Å². The molecule has 0 aromatic carbocycles. The SMILES string of the molecule is CCNc1ncnc(NC2CCCC2)c1[N+](=O)[O-]. The lowest BCUT2D eigenvalue weighted by Crippen LogP contribution is -2.17. The number of rotatable bonds is 5. The van der Waals surface area contributed by atoms with E-state index in [9.17, 15) is 10.1 Å². The standard InChI is InChI=1S/C11H17N5O2/c1-2-12-10-9(16(17)18)11(14-7-13-10)15-8-5-3-4-6-8/h7-8H,2-6H2,1H3,(H2,12,13,14,15). The van der Waals surface area contributed by atoms with Crippen molar-refractivity contribution in [1.29, 1.82) is 0 Å². The van der Waals surface area contributed by atoms with Crippen LogP contribution < -0.4 is 10.6 Å². The van der Waals surface area contributed by atoms with Gasteiger partial charge < -0.3 is 10.6 Å². The summed E-state index contributed by atoms with van der Waals surface area (Å²) in [6, 6.07) is 0.285. The van der Waals surface area contributed by atoms with E-state index in [0.29, 0.717) is 12.4 Å². The first-order chi connectivity index (χ1) is 8.72. The Morgan fingerprint density at radius 1 is 1.39 bits per heavy atom. The Bertz CT molecular complexity index is 431. The summed E-state index contributed by atoms with van der Waals surface area (Å²) in [6.07, 6.45) is 5.75. The van der Waals surface area contributed by atoms with Crippen LogP contribution in [0.3, 0.4) is 0 Å². The molecule has 1 aromatic heterocycles. The summed E-state index contributed by atoms with van der Waals surface area (Å²) >= 11 is 0. The second-order valence-electron chi connectivity index (χ2n) is 4.33. The Morgan fingerprint density at radius 3 is 2.67 bits per heavy atom. The summed E-state index contributed by atoms with van der Waals surface area (Å²) in [5, 5.41) is 17.2. The van der Waals surface area contributed by atoms with E-state index >= 15 is 0 Å². The number of nitrogens with one attached hydrogen (secondary N) is 2. The monoisotopic (exact) mass is 251 g/mol. The summed E-state index contributed by atoms with van der Waals surface area (Å²) < 4.78 is 0. The third kappa shape index (κ3) is 2.66. The Balaban J connectivity index is 2.26. The summed E-state index contributed by atoms with van der Waals surface area (Å²) in [4.78, 5) is 18.6. The molecule has 0 saturated heterocycles. The van der Waals surface area contributed by atoms with Gasteiger partial charge in [-0.2, -0.15) is 0 Å². The number of nitrogens with zero attached hydrogens (tertiary/aromatic N) is 3. The van der Waals surface area contributed by atoms with Gasteiger partial charge in [0.25, 0.3) is 0 Å². The van der Waals surface area contributed by atoms with Crippen molar-refractivity contribution in [2.75, 3.05) is 17.2 Å². The molecule has 0 unspecified atom stereocenters. The van der Waals surface area contributed by atoms with Gasteiger partial charge in [-0.1, -0.05) is 12.8 Å². The zero-order valence-electron chi connectivity index (χ0n) is 10.3. The molecule has 2 N–H and O–H groups in total. The van der Waals surface area contributed by atoms with Crippen LogP contribution in [0.2, 0.25) is 0 Å². The van der Waals surface area contributed by atoms with Crippen molar-refractivity contribution in [3.63, 3.8) is 0 Å². The highest BCUT2D eigenvalue weighted by atomic mass is 16.6.